The summed E-state index contributed by atoms with van der Waals surface area (Å²) in [5, 5.41) is 5.14. The fourth-order valence-corrected chi connectivity index (χ4v) is 3.55. The van der Waals surface area contributed by atoms with E-state index in [1.165, 1.54) is 5.56 Å². The number of imide groups is 1. The van der Waals surface area contributed by atoms with E-state index < -0.39 is 6.03 Å². The number of anilines is 1. The van der Waals surface area contributed by atoms with E-state index in [-0.39, 0.29) is 12.5 Å². The molecule has 0 aromatic heterocycles. The molecule has 2 aromatic carbocycles. The van der Waals surface area contributed by atoms with Crippen LogP contribution in [0.4, 0.5) is 10.5 Å². The zero-order chi connectivity index (χ0) is 21.0. The molecular formula is C22H27N3O4. The number of hydrogen-bond donors (Lipinski definition) is 2. The molecule has 0 saturated carbocycles. The number of fused-ring (bicyclic) bond motifs is 1. The molecule has 0 bridgehead atoms. The van der Waals surface area contributed by atoms with Gasteiger partial charge in [-0.05, 0) is 55.2 Å². The standard InChI is InChI=1S/C22H27N3O4/c1-14-5-6-18(15(2)9-14)23-22(27)24-21(26)13-25-8-7-16-10-19(28-3)20(29-4)11-17(16)12-25/h5-6,9-11H,7-8,12-13H2,1-4H3,(H2,23,24,26,27). The fourth-order valence-electron chi connectivity index (χ4n) is 3.55. The van der Waals surface area contributed by atoms with Crippen molar-refractivity contribution < 1.29 is 19.1 Å². The Hall–Kier alpha value is -3.06. The van der Waals surface area contributed by atoms with Gasteiger partial charge in [0.05, 0.1) is 20.8 Å². The lowest BCUT2D eigenvalue weighted by atomic mass is 9.99. The molecule has 2 aromatic rings. The molecule has 154 valence electrons. The van der Waals surface area contributed by atoms with Crippen molar-refractivity contribution in [2.75, 3.05) is 32.6 Å². The molecule has 1 aliphatic heterocycles. The minimum absolute atomic E-state index is 0.147. The van der Waals surface area contributed by atoms with Crippen LogP contribution in [0.15, 0.2) is 30.3 Å². The van der Waals surface area contributed by atoms with Crippen molar-refractivity contribution in [3.05, 3.63) is 52.6 Å². The zero-order valence-corrected chi connectivity index (χ0v) is 17.3. The summed E-state index contributed by atoms with van der Waals surface area (Å²) in [6.07, 6.45) is 0.803. The van der Waals surface area contributed by atoms with Gasteiger partial charge in [-0.3, -0.25) is 15.0 Å². The summed E-state index contributed by atoms with van der Waals surface area (Å²) in [5.41, 5.74) is 5.04. The van der Waals surface area contributed by atoms with Gasteiger partial charge in [0.2, 0.25) is 5.91 Å². The summed E-state index contributed by atoms with van der Waals surface area (Å²) in [6.45, 7) is 5.40. The number of carbonyl (C=O) groups excluding carboxylic acids is 2. The van der Waals surface area contributed by atoms with Crippen LogP contribution in [-0.2, 0) is 17.8 Å². The highest BCUT2D eigenvalue weighted by Crippen LogP contribution is 2.33. The smallest absolute Gasteiger partial charge is 0.325 e. The van der Waals surface area contributed by atoms with Crippen molar-refractivity contribution in [3.8, 4) is 11.5 Å². The molecule has 0 fully saturated rings. The number of methoxy groups -OCH3 is 2. The van der Waals surface area contributed by atoms with E-state index in [0.29, 0.717) is 23.7 Å². The first-order valence-electron chi connectivity index (χ1n) is 9.54. The Morgan fingerprint density at radius 3 is 2.38 bits per heavy atom. The second-order valence-corrected chi connectivity index (χ2v) is 7.26. The summed E-state index contributed by atoms with van der Waals surface area (Å²) in [5.74, 6) is 1.04. The number of urea groups is 1. The monoisotopic (exact) mass is 397 g/mol. The number of aryl methyl sites for hydroxylation is 2. The maximum absolute atomic E-state index is 12.3. The van der Waals surface area contributed by atoms with Crippen LogP contribution in [0.2, 0.25) is 0 Å². The van der Waals surface area contributed by atoms with E-state index in [0.717, 1.165) is 29.7 Å². The molecule has 1 aliphatic rings. The second-order valence-electron chi connectivity index (χ2n) is 7.26. The van der Waals surface area contributed by atoms with Gasteiger partial charge >= 0.3 is 6.03 Å². The van der Waals surface area contributed by atoms with Crippen LogP contribution in [0.1, 0.15) is 22.3 Å². The van der Waals surface area contributed by atoms with Crippen LogP contribution in [-0.4, -0.2) is 44.1 Å². The lowest BCUT2D eigenvalue weighted by Gasteiger charge is -2.28. The first kappa shape index (κ1) is 20.7. The molecule has 3 rings (SSSR count). The van der Waals surface area contributed by atoms with E-state index in [1.807, 2.05) is 49.1 Å². The zero-order valence-electron chi connectivity index (χ0n) is 17.3. The van der Waals surface area contributed by atoms with Gasteiger partial charge in [-0.2, -0.15) is 0 Å². The largest absolute Gasteiger partial charge is 0.493 e. The summed E-state index contributed by atoms with van der Waals surface area (Å²) in [6, 6.07) is 9.14. The van der Waals surface area contributed by atoms with Gasteiger partial charge in [0.15, 0.2) is 11.5 Å². The van der Waals surface area contributed by atoms with Crippen molar-refractivity contribution in [2.24, 2.45) is 0 Å². The summed E-state index contributed by atoms with van der Waals surface area (Å²) >= 11 is 0. The number of rotatable bonds is 5. The second kappa shape index (κ2) is 8.96. The first-order valence-corrected chi connectivity index (χ1v) is 9.54. The van der Waals surface area contributed by atoms with Gasteiger partial charge in [-0.15, -0.1) is 0 Å². The Kier molecular flexibility index (Phi) is 6.39. The third-order valence-corrected chi connectivity index (χ3v) is 5.05. The molecule has 0 unspecified atom stereocenters. The molecule has 0 spiro atoms. The third-order valence-electron chi connectivity index (χ3n) is 5.05. The van der Waals surface area contributed by atoms with E-state index in [1.54, 1.807) is 14.2 Å². The molecule has 7 nitrogen and oxygen atoms in total. The minimum Gasteiger partial charge on any atom is -0.493 e. The van der Waals surface area contributed by atoms with E-state index >= 15 is 0 Å². The number of ether oxygens (including phenoxy) is 2. The first-order chi connectivity index (χ1) is 13.9. The lowest BCUT2D eigenvalue weighted by Crippen LogP contribution is -2.43. The Morgan fingerprint density at radius 1 is 1.03 bits per heavy atom. The average Bonchev–Trinajstić information content (AvgIpc) is 2.68. The normalized spacial score (nSPS) is 13.4. The SMILES string of the molecule is COc1cc2c(cc1OC)CN(CC(=O)NC(=O)Nc1ccc(C)cc1C)CC2. The van der Waals surface area contributed by atoms with Crippen LogP contribution in [0.5, 0.6) is 11.5 Å². The molecule has 0 saturated heterocycles. The predicted octanol–water partition coefficient (Wildman–Crippen LogP) is 3.03. The molecule has 0 aliphatic carbocycles. The third kappa shape index (κ3) is 5.06. The molecule has 29 heavy (non-hydrogen) atoms. The van der Waals surface area contributed by atoms with Crippen LogP contribution in [0.25, 0.3) is 0 Å². The van der Waals surface area contributed by atoms with Crippen molar-refractivity contribution in [1.29, 1.82) is 0 Å². The maximum Gasteiger partial charge on any atom is 0.325 e. The average molecular weight is 397 g/mol. The quantitative estimate of drug-likeness (QED) is 0.811. The summed E-state index contributed by atoms with van der Waals surface area (Å²) in [4.78, 5) is 26.5. The number of nitrogens with one attached hydrogen (secondary N) is 2. The number of benzene rings is 2. The Bertz CT molecular complexity index is 927. The highest BCUT2D eigenvalue weighted by Gasteiger charge is 2.21. The summed E-state index contributed by atoms with van der Waals surface area (Å²) < 4.78 is 10.7. The molecule has 0 atom stereocenters. The molecule has 0 radical (unpaired) electrons. The maximum atomic E-state index is 12.3. The van der Waals surface area contributed by atoms with Crippen LogP contribution in [0.3, 0.4) is 0 Å². The molecule has 1 heterocycles. The number of amides is 3. The lowest BCUT2D eigenvalue weighted by molar-refractivity contribution is -0.121. The summed E-state index contributed by atoms with van der Waals surface area (Å²) in [7, 11) is 3.22. The Morgan fingerprint density at radius 2 is 1.72 bits per heavy atom. The molecule has 2 N–H and O–H groups in total. The van der Waals surface area contributed by atoms with Crippen molar-refractivity contribution in [3.63, 3.8) is 0 Å². The van der Waals surface area contributed by atoms with Crippen molar-refractivity contribution in [1.82, 2.24) is 10.2 Å². The van der Waals surface area contributed by atoms with Gasteiger partial charge < -0.3 is 14.8 Å². The van der Waals surface area contributed by atoms with E-state index in [9.17, 15) is 9.59 Å². The highest BCUT2D eigenvalue weighted by molar-refractivity contribution is 6.02. The predicted molar refractivity (Wildman–Crippen MR) is 112 cm³/mol. The topological polar surface area (TPSA) is 79.9 Å². The molecule has 7 heteroatoms. The van der Waals surface area contributed by atoms with E-state index in [4.69, 9.17) is 9.47 Å². The minimum atomic E-state index is -0.522. The fraction of sp³-hybridized carbons (Fsp3) is 0.364. The van der Waals surface area contributed by atoms with Gasteiger partial charge in [-0.25, -0.2) is 4.79 Å². The molecule has 3 amide bonds. The van der Waals surface area contributed by atoms with Gasteiger partial charge in [-0.1, -0.05) is 17.7 Å². The highest BCUT2D eigenvalue weighted by atomic mass is 16.5. The van der Waals surface area contributed by atoms with Crippen LogP contribution < -0.4 is 20.1 Å². The van der Waals surface area contributed by atoms with Crippen molar-refractivity contribution in [2.45, 2.75) is 26.8 Å². The Balaban J connectivity index is 1.57. The van der Waals surface area contributed by atoms with Crippen LogP contribution >= 0.6 is 0 Å². The van der Waals surface area contributed by atoms with Gasteiger partial charge in [0, 0.05) is 18.8 Å². The number of hydrogen-bond acceptors (Lipinski definition) is 5. The van der Waals surface area contributed by atoms with E-state index in [2.05, 4.69) is 10.6 Å². The van der Waals surface area contributed by atoms with Gasteiger partial charge in [0.25, 0.3) is 0 Å². The number of nitrogens with zero attached hydrogens (tertiary/aromatic N) is 1. The van der Waals surface area contributed by atoms with Crippen molar-refractivity contribution >= 4 is 17.6 Å². The number of carbonyl (C=O) groups is 2. The Labute approximate surface area is 171 Å². The van der Waals surface area contributed by atoms with Gasteiger partial charge in [0.1, 0.15) is 0 Å². The van der Waals surface area contributed by atoms with Crippen LogP contribution in [0, 0.1) is 13.8 Å². The molecular weight excluding hydrogens is 370 g/mol.